The molecule has 180 valence electrons. The minimum Gasteiger partial charge on any atom is -0.462 e. The molecule has 35 heavy (non-hydrogen) atoms. The van der Waals surface area contributed by atoms with Crippen LogP contribution in [0.3, 0.4) is 0 Å². The van der Waals surface area contributed by atoms with E-state index in [1.165, 1.54) is 12.3 Å². The van der Waals surface area contributed by atoms with E-state index < -0.39 is 10.9 Å². The van der Waals surface area contributed by atoms with Gasteiger partial charge < -0.3 is 14.5 Å². The third-order valence-corrected chi connectivity index (χ3v) is 5.89. The van der Waals surface area contributed by atoms with Gasteiger partial charge >= 0.3 is 5.97 Å². The van der Waals surface area contributed by atoms with Crippen LogP contribution in [-0.4, -0.2) is 54.4 Å². The van der Waals surface area contributed by atoms with Gasteiger partial charge in [-0.25, -0.2) is 9.78 Å². The summed E-state index contributed by atoms with van der Waals surface area (Å²) in [6, 6.07) is 16.9. The Morgan fingerprint density at radius 3 is 2.34 bits per heavy atom. The zero-order chi connectivity index (χ0) is 24.8. The van der Waals surface area contributed by atoms with Crippen molar-refractivity contribution in [2.45, 2.75) is 13.3 Å². The van der Waals surface area contributed by atoms with Gasteiger partial charge in [0.2, 0.25) is 0 Å². The number of benzene rings is 2. The van der Waals surface area contributed by atoms with Crippen LogP contribution in [0.2, 0.25) is 0 Å². The van der Waals surface area contributed by atoms with Gasteiger partial charge in [-0.2, -0.15) is 0 Å². The maximum Gasteiger partial charge on any atom is 0.339 e. The molecule has 0 spiro atoms. The van der Waals surface area contributed by atoms with Crippen molar-refractivity contribution in [3.63, 3.8) is 0 Å². The Morgan fingerprint density at radius 2 is 1.66 bits per heavy atom. The molecule has 1 aliphatic heterocycles. The number of pyridine rings is 1. The topological polar surface area (TPSA) is 106 Å². The lowest BCUT2D eigenvalue weighted by molar-refractivity contribution is -0.384. The standard InChI is InChI=1S/C26H26N4O5/c1-2-35-26(32)21-10-12-24(27-18-21)29-14-6-13-28(15-16-29)22-11-9-20(17-23(22)30(33)34)25(31)19-7-4-3-5-8-19/h3-5,7-12,17-18H,2,6,13-16H2,1H3. The molecule has 0 amide bonds. The molecule has 0 saturated carbocycles. The number of rotatable bonds is 7. The molecule has 0 N–H and O–H groups in total. The van der Waals surface area contributed by atoms with E-state index >= 15 is 0 Å². The Labute approximate surface area is 203 Å². The van der Waals surface area contributed by atoms with E-state index in [0.717, 1.165) is 18.8 Å². The number of esters is 1. The Kier molecular flexibility index (Phi) is 7.35. The van der Waals surface area contributed by atoms with E-state index in [0.29, 0.717) is 43.1 Å². The predicted molar refractivity (Wildman–Crippen MR) is 132 cm³/mol. The fourth-order valence-electron chi connectivity index (χ4n) is 4.13. The molecule has 1 aliphatic rings. The minimum atomic E-state index is -0.435. The molecule has 1 fully saturated rings. The van der Waals surface area contributed by atoms with Gasteiger partial charge in [0.25, 0.3) is 5.69 Å². The Morgan fingerprint density at radius 1 is 0.943 bits per heavy atom. The van der Waals surface area contributed by atoms with E-state index in [2.05, 4.69) is 9.88 Å². The maximum atomic E-state index is 12.8. The van der Waals surface area contributed by atoms with Crippen LogP contribution in [0.4, 0.5) is 17.2 Å². The van der Waals surface area contributed by atoms with Crippen LogP contribution in [0, 0.1) is 10.1 Å². The molecule has 1 aromatic heterocycles. The van der Waals surface area contributed by atoms with Crippen LogP contribution in [0.5, 0.6) is 0 Å². The number of carbonyl (C=O) groups is 2. The fourth-order valence-corrected chi connectivity index (χ4v) is 4.13. The second kappa shape index (κ2) is 10.8. The van der Waals surface area contributed by atoms with Gasteiger partial charge in [0, 0.05) is 49.6 Å². The van der Waals surface area contributed by atoms with Crippen LogP contribution in [-0.2, 0) is 4.74 Å². The summed E-state index contributed by atoms with van der Waals surface area (Å²) in [5.74, 6) is 0.0768. The molecule has 4 rings (SSSR count). The summed E-state index contributed by atoms with van der Waals surface area (Å²) in [6.07, 6.45) is 2.27. The second-order valence-electron chi connectivity index (χ2n) is 8.11. The summed E-state index contributed by atoms with van der Waals surface area (Å²) >= 11 is 0. The van der Waals surface area contributed by atoms with E-state index in [1.807, 2.05) is 11.0 Å². The molecule has 9 heteroatoms. The van der Waals surface area contributed by atoms with Gasteiger partial charge in [0.05, 0.1) is 17.1 Å². The van der Waals surface area contributed by atoms with E-state index in [9.17, 15) is 19.7 Å². The molecule has 3 aromatic rings. The number of ether oxygens (including phenoxy) is 1. The highest BCUT2D eigenvalue weighted by molar-refractivity contribution is 6.09. The van der Waals surface area contributed by atoms with Gasteiger partial charge in [-0.3, -0.25) is 14.9 Å². The summed E-state index contributed by atoms with van der Waals surface area (Å²) in [5, 5.41) is 11.9. The Hall–Kier alpha value is -4.27. The molecule has 2 aromatic carbocycles. The largest absolute Gasteiger partial charge is 0.462 e. The SMILES string of the molecule is CCOC(=O)c1ccc(N2CCCN(c3ccc(C(=O)c4ccccc4)cc3[N+](=O)[O-])CC2)nc1. The lowest BCUT2D eigenvalue weighted by Crippen LogP contribution is -2.31. The van der Waals surface area contributed by atoms with Gasteiger partial charge in [-0.05, 0) is 37.6 Å². The van der Waals surface area contributed by atoms with Crippen LogP contribution in [0.25, 0.3) is 0 Å². The van der Waals surface area contributed by atoms with Crippen molar-refractivity contribution in [1.29, 1.82) is 0 Å². The summed E-state index contributed by atoms with van der Waals surface area (Å²) in [7, 11) is 0. The van der Waals surface area contributed by atoms with Gasteiger partial charge in [0.1, 0.15) is 11.5 Å². The Bertz CT molecular complexity index is 1210. The molecular formula is C26H26N4O5. The molecule has 0 bridgehead atoms. The molecule has 9 nitrogen and oxygen atoms in total. The average Bonchev–Trinajstić information content (AvgIpc) is 3.15. The number of nitrogens with zero attached hydrogens (tertiary/aromatic N) is 4. The number of hydrogen-bond acceptors (Lipinski definition) is 8. The smallest absolute Gasteiger partial charge is 0.339 e. The second-order valence-corrected chi connectivity index (χ2v) is 8.11. The van der Waals surface area contributed by atoms with Crippen molar-refractivity contribution in [3.8, 4) is 0 Å². The number of anilines is 2. The van der Waals surface area contributed by atoms with Gasteiger partial charge in [-0.15, -0.1) is 0 Å². The van der Waals surface area contributed by atoms with Crippen LogP contribution in [0.1, 0.15) is 39.6 Å². The normalized spacial score (nSPS) is 13.7. The molecule has 0 radical (unpaired) electrons. The maximum absolute atomic E-state index is 12.8. The quantitative estimate of drug-likeness (QED) is 0.218. The first-order chi connectivity index (χ1) is 17.0. The number of nitro benzene ring substituents is 1. The van der Waals surface area contributed by atoms with Crippen molar-refractivity contribution >= 4 is 28.9 Å². The lowest BCUT2D eigenvalue weighted by atomic mass is 10.0. The number of carbonyl (C=O) groups excluding carboxylic acids is 2. The van der Waals surface area contributed by atoms with Crippen molar-refractivity contribution in [2.24, 2.45) is 0 Å². The fraction of sp³-hybridized carbons (Fsp3) is 0.269. The summed E-state index contributed by atoms with van der Waals surface area (Å²) < 4.78 is 5.00. The monoisotopic (exact) mass is 474 g/mol. The highest BCUT2D eigenvalue weighted by Gasteiger charge is 2.25. The molecule has 2 heterocycles. The van der Waals surface area contributed by atoms with Crippen molar-refractivity contribution < 1.29 is 19.2 Å². The molecule has 0 atom stereocenters. The highest BCUT2D eigenvalue weighted by Crippen LogP contribution is 2.31. The number of ketones is 1. The first kappa shape index (κ1) is 23.9. The molecule has 1 saturated heterocycles. The number of hydrogen-bond donors (Lipinski definition) is 0. The molecule has 0 unspecified atom stereocenters. The van der Waals surface area contributed by atoms with Crippen molar-refractivity contribution in [3.05, 3.63) is 93.7 Å². The van der Waals surface area contributed by atoms with E-state index in [4.69, 9.17) is 4.74 Å². The summed E-state index contributed by atoms with van der Waals surface area (Å²) in [6.45, 7) is 4.56. The first-order valence-electron chi connectivity index (χ1n) is 11.5. The molecule has 0 aliphatic carbocycles. The average molecular weight is 475 g/mol. The summed E-state index contributed by atoms with van der Waals surface area (Å²) in [4.78, 5) is 44.6. The summed E-state index contributed by atoms with van der Waals surface area (Å²) in [5.41, 5.74) is 1.58. The van der Waals surface area contributed by atoms with Crippen molar-refractivity contribution in [2.75, 3.05) is 42.6 Å². The zero-order valence-corrected chi connectivity index (χ0v) is 19.4. The van der Waals surface area contributed by atoms with E-state index in [1.54, 1.807) is 55.5 Å². The van der Waals surface area contributed by atoms with Crippen LogP contribution < -0.4 is 9.80 Å². The zero-order valence-electron chi connectivity index (χ0n) is 19.4. The van der Waals surface area contributed by atoms with Crippen molar-refractivity contribution in [1.82, 2.24) is 4.98 Å². The van der Waals surface area contributed by atoms with E-state index in [-0.39, 0.29) is 17.0 Å². The van der Waals surface area contributed by atoms with Crippen LogP contribution >= 0.6 is 0 Å². The molecular weight excluding hydrogens is 448 g/mol. The highest BCUT2D eigenvalue weighted by atomic mass is 16.6. The predicted octanol–water partition coefficient (Wildman–Crippen LogP) is 4.11. The minimum absolute atomic E-state index is 0.0860. The lowest BCUT2D eigenvalue weighted by Gasteiger charge is -2.24. The Balaban J connectivity index is 1.50. The number of nitro groups is 1. The third-order valence-electron chi connectivity index (χ3n) is 5.89. The third kappa shape index (κ3) is 5.46. The van der Waals surface area contributed by atoms with Crippen LogP contribution in [0.15, 0.2) is 66.9 Å². The van der Waals surface area contributed by atoms with Gasteiger partial charge in [0.15, 0.2) is 5.78 Å². The first-order valence-corrected chi connectivity index (χ1v) is 11.5. The number of aromatic nitrogens is 1. The van der Waals surface area contributed by atoms with Gasteiger partial charge in [-0.1, -0.05) is 30.3 Å².